The summed E-state index contributed by atoms with van der Waals surface area (Å²) in [5, 5.41) is 3.34. The van der Waals surface area contributed by atoms with Gasteiger partial charge < -0.3 is 20.0 Å². The fourth-order valence-electron chi connectivity index (χ4n) is 6.14. The number of carbonyl (C=O) groups is 2. The number of nitrogens with one attached hydrogen (secondary N) is 1. The average Bonchev–Trinajstić information content (AvgIpc) is 3.49. The SMILES string of the molecule is C=CC(=O)N1CCC(N2C(=O)N(Cc3ccccc3)Cc3cnc(Nc4ccc(C5CCN(C)CC5)cc4)nc32)C1. The van der Waals surface area contributed by atoms with E-state index in [-0.39, 0.29) is 18.0 Å². The van der Waals surface area contributed by atoms with Crippen LogP contribution in [-0.2, 0) is 17.9 Å². The van der Waals surface area contributed by atoms with Crippen LogP contribution in [0.2, 0.25) is 0 Å². The molecule has 3 amide bonds. The smallest absolute Gasteiger partial charge is 0.326 e. The van der Waals surface area contributed by atoms with Crippen LogP contribution < -0.4 is 10.2 Å². The molecule has 1 unspecified atom stereocenters. The van der Waals surface area contributed by atoms with Gasteiger partial charge in [-0.2, -0.15) is 4.98 Å². The summed E-state index contributed by atoms with van der Waals surface area (Å²) in [5.74, 6) is 1.53. The maximum atomic E-state index is 13.9. The molecule has 0 aliphatic carbocycles. The van der Waals surface area contributed by atoms with Gasteiger partial charge in [-0.3, -0.25) is 9.69 Å². The number of likely N-dealkylation sites (tertiary alicyclic amines) is 2. The van der Waals surface area contributed by atoms with Gasteiger partial charge in [0.15, 0.2) is 0 Å². The summed E-state index contributed by atoms with van der Waals surface area (Å²) < 4.78 is 0. The van der Waals surface area contributed by atoms with Crippen molar-refractivity contribution in [3.63, 3.8) is 0 Å². The van der Waals surface area contributed by atoms with Gasteiger partial charge in [0.25, 0.3) is 0 Å². The lowest BCUT2D eigenvalue weighted by Crippen LogP contribution is -2.52. The number of anilines is 3. The molecule has 9 nitrogen and oxygen atoms in total. The fraction of sp³-hybridized carbons (Fsp3) is 0.375. The van der Waals surface area contributed by atoms with Gasteiger partial charge in [0.2, 0.25) is 11.9 Å². The van der Waals surface area contributed by atoms with Gasteiger partial charge in [0, 0.05) is 37.1 Å². The second kappa shape index (κ2) is 11.7. The van der Waals surface area contributed by atoms with Gasteiger partial charge in [0.1, 0.15) is 5.82 Å². The first-order valence-electron chi connectivity index (χ1n) is 14.4. The predicted molar refractivity (Wildman–Crippen MR) is 160 cm³/mol. The minimum absolute atomic E-state index is 0.105. The van der Waals surface area contributed by atoms with Crippen molar-refractivity contribution in [2.24, 2.45) is 0 Å². The number of nitrogens with zero attached hydrogens (tertiary/aromatic N) is 6. The Morgan fingerprint density at radius 1 is 1.05 bits per heavy atom. The molecule has 1 atom stereocenters. The van der Waals surface area contributed by atoms with Crippen molar-refractivity contribution in [3.05, 3.63) is 90.1 Å². The van der Waals surface area contributed by atoms with Crippen molar-refractivity contribution in [3.8, 4) is 0 Å². The molecular formula is C32H37N7O2. The van der Waals surface area contributed by atoms with Crippen LogP contribution in [0.15, 0.2) is 73.4 Å². The Balaban J connectivity index is 1.24. The first kappa shape index (κ1) is 27.0. The van der Waals surface area contributed by atoms with E-state index in [1.807, 2.05) is 41.4 Å². The fourth-order valence-corrected chi connectivity index (χ4v) is 6.14. The zero-order valence-electron chi connectivity index (χ0n) is 23.6. The van der Waals surface area contributed by atoms with E-state index in [4.69, 9.17) is 4.98 Å². The number of hydrogen-bond donors (Lipinski definition) is 1. The summed E-state index contributed by atoms with van der Waals surface area (Å²) >= 11 is 0. The van der Waals surface area contributed by atoms with Gasteiger partial charge in [-0.25, -0.2) is 9.78 Å². The largest absolute Gasteiger partial charge is 0.337 e. The molecule has 1 aromatic heterocycles. The molecule has 0 bridgehead atoms. The van der Waals surface area contributed by atoms with E-state index in [1.54, 1.807) is 9.80 Å². The number of amides is 3. The maximum Gasteiger partial charge on any atom is 0.326 e. The van der Waals surface area contributed by atoms with Crippen LogP contribution in [0.3, 0.4) is 0 Å². The first-order chi connectivity index (χ1) is 20.0. The molecule has 0 radical (unpaired) electrons. The Kier molecular flexibility index (Phi) is 7.69. The minimum Gasteiger partial charge on any atom is -0.337 e. The second-order valence-corrected chi connectivity index (χ2v) is 11.3. The van der Waals surface area contributed by atoms with Crippen molar-refractivity contribution in [1.29, 1.82) is 0 Å². The highest BCUT2D eigenvalue weighted by Gasteiger charge is 2.40. The molecule has 3 aliphatic heterocycles. The molecule has 2 aromatic carbocycles. The molecule has 2 saturated heterocycles. The van der Waals surface area contributed by atoms with Crippen LogP contribution in [-0.4, -0.2) is 75.9 Å². The Hall–Kier alpha value is -4.24. The van der Waals surface area contributed by atoms with E-state index in [0.717, 1.165) is 29.9 Å². The highest BCUT2D eigenvalue weighted by molar-refractivity contribution is 5.95. The Morgan fingerprint density at radius 3 is 2.54 bits per heavy atom. The van der Waals surface area contributed by atoms with E-state index in [0.29, 0.717) is 50.3 Å². The van der Waals surface area contributed by atoms with Crippen LogP contribution in [0.1, 0.15) is 41.9 Å². The molecule has 9 heteroatoms. The predicted octanol–water partition coefficient (Wildman–Crippen LogP) is 4.76. The van der Waals surface area contributed by atoms with Crippen LogP contribution in [0.4, 0.5) is 22.2 Å². The van der Waals surface area contributed by atoms with E-state index in [1.165, 1.54) is 24.5 Å². The summed E-state index contributed by atoms with van der Waals surface area (Å²) in [4.78, 5) is 43.5. The van der Waals surface area contributed by atoms with Crippen LogP contribution >= 0.6 is 0 Å². The molecule has 4 heterocycles. The van der Waals surface area contributed by atoms with Crippen molar-refractivity contribution < 1.29 is 9.59 Å². The number of rotatable bonds is 7. The van der Waals surface area contributed by atoms with Crippen LogP contribution in [0.5, 0.6) is 0 Å². The van der Waals surface area contributed by atoms with Crippen LogP contribution in [0, 0.1) is 0 Å². The number of piperidine rings is 1. The third-order valence-corrected chi connectivity index (χ3v) is 8.50. The van der Waals surface area contributed by atoms with Gasteiger partial charge in [0.05, 0.1) is 12.6 Å². The first-order valence-corrected chi connectivity index (χ1v) is 14.4. The zero-order valence-corrected chi connectivity index (χ0v) is 23.6. The summed E-state index contributed by atoms with van der Waals surface area (Å²) in [6.45, 7) is 7.82. The molecule has 41 heavy (non-hydrogen) atoms. The second-order valence-electron chi connectivity index (χ2n) is 11.3. The van der Waals surface area contributed by atoms with Crippen LogP contribution in [0.25, 0.3) is 0 Å². The number of urea groups is 1. The summed E-state index contributed by atoms with van der Waals surface area (Å²) in [7, 11) is 2.18. The summed E-state index contributed by atoms with van der Waals surface area (Å²) in [6, 6.07) is 18.2. The molecule has 3 aromatic rings. The summed E-state index contributed by atoms with van der Waals surface area (Å²) in [6.07, 6.45) is 6.18. The van der Waals surface area contributed by atoms with E-state index in [2.05, 4.69) is 53.1 Å². The summed E-state index contributed by atoms with van der Waals surface area (Å²) in [5.41, 5.74) is 4.22. The molecule has 1 N–H and O–H groups in total. The molecule has 0 saturated carbocycles. The molecule has 212 valence electrons. The highest BCUT2D eigenvalue weighted by Crippen LogP contribution is 2.34. The van der Waals surface area contributed by atoms with Gasteiger partial charge in [-0.15, -0.1) is 0 Å². The normalized spacial score (nSPS) is 19.8. The van der Waals surface area contributed by atoms with Crippen molar-refractivity contribution in [2.75, 3.05) is 43.4 Å². The zero-order chi connectivity index (χ0) is 28.3. The Labute approximate surface area is 241 Å². The van der Waals surface area contributed by atoms with E-state index in [9.17, 15) is 9.59 Å². The third kappa shape index (κ3) is 5.81. The Morgan fingerprint density at radius 2 is 1.80 bits per heavy atom. The topological polar surface area (TPSA) is 84.9 Å². The van der Waals surface area contributed by atoms with E-state index < -0.39 is 0 Å². The molecule has 3 aliphatic rings. The Bertz CT molecular complexity index is 1400. The molecule has 0 spiro atoms. The van der Waals surface area contributed by atoms with Crippen molar-refractivity contribution in [1.82, 2.24) is 24.7 Å². The quantitative estimate of drug-likeness (QED) is 0.427. The lowest BCUT2D eigenvalue weighted by Gasteiger charge is -2.39. The van der Waals surface area contributed by atoms with E-state index >= 15 is 0 Å². The standard InChI is InChI=1S/C32H37N7O2/c1-3-29(40)37-18-15-28(22-37)39-30-26(21-38(32(39)41)20-23-7-5-4-6-8-23)19-33-31(35-30)34-27-11-9-24(10-12-27)25-13-16-36(2)17-14-25/h3-12,19,25,28H,1,13-18,20-22H2,2H3,(H,33,34,35). The lowest BCUT2D eigenvalue weighted by atomic mass is 9.89. The number of fused-ring (bicyclic) bond motifs is 1. The molecule has 2 fully saturated rings. The van der Waals surface area contributed by atoms with Gasteiger partial charge in [-0.05, 0) is 74.7 Å². The van der Waals surface area contributed by atoms with Gasteiger partial charge in [-0.1, -0.05) is 49.0 Å². The number of benzene rings is 2. The van der Waals surface area contributed by atoms with Gasteiger partial charge >= 0.3 is 6.03 Å². The monoisotopic (exact) mass is 551 g/mol. The number of hydrogen-bond acceptors (Lipinski definition) is 6. The minimum atomic E-state index is -0.180. The van der Waals surface area contributed by atoms with Crippen molar-refractivity contribution >= 4 is 29.4 Å². The molecule has 6 rings (SSSR count). The third-order valence-electron chi connectivity index (χ3n) is 8.50. The molecular weight excluding hydrogens is 514 g/mol. The lowest BCUT2D eigenvalue weighted by molar-refractivity contribution is -0.125. The number of aromatic nitrogens is 2. The highest BCUT2D eigenvalue weighted by atomic mass is 16.2. The average molecular weight is 552 g/mol. The number of carbonyl (C=O) groups excluding carboxylic acids is 2. The maximum absolute atomic E-state index is 13.9. The van der Waals surface area contributed by atoms with Crippen molar-refractivity contribution in [2.45, 2.75) is 44.3 Å².